The molecule has 4 rings (SSSR count). The van der Waals surface area contributed by atoms with Crippen LogP contribution in [0.3, 0.4) is 0 Å². The topological polar surface area (TPSA) is 66.3 Å². The third-order valence-corrected chi connectivity index (χ3v) is 4.53. The summed E-state index contributed by atoms with van der Waals surface area (Å²) in [6, 6.07) is 5.02. The fraction of sp³-hybridized carbons (Fsp3) is 0.353. The number of aryl methyl sites for hydroxylation is 1. The smallest absolute Gasteiger partial charge is 0.253 e. The van der Waals surface area contributed by atoms with Crippen LogP contribution >= 0.6 is 0 Å². The largest absolute Gasteiger partial charge is 0.349 e. The van der Waals surface area contributed by atoms with Crippen molar-refractivity contribution in [3.63, 3.8) is 0 Å². The molecule has 1 aliphatic rings. The van der Waals surface area contributed by atoms with Crippen molar-refractivity contribution in [2.45, 2.75) is 32.2 Å². The minimum atomic E-state index is -0.428. The number of anilines is 1. The van der Waals surface area contributed by atoms with Gasteiger partial charge in [-0.25, -0.2) is 13.9 Å². The van der Waals surface area contributed by atoms with E-state index in [-0.39, 0.29) is 11.6 Å². The van der Waals surface area contributed by atoms with Crippen molar-refractivity contribution in [3.05, 3.63) is 58.0 Å². The van der Waals surface area contributed by atoms with E-state index in [0.29, 0.717) is 5.56 Å². The van der Waals surface area contributed by atoms with Crippen LogP contribution in [-0.2, 0) is 6.42 Å². The average molecular weight is 327 g/mol. The Bertz CT molecular complexity index is 948. The molecule has 3 aromatic heterocycles. The molecule has 0 aromatic carbocycles. The Morgan fingerprint density at radius 3 is 3.12 bits per heavy atom. The van der Waals surface area contributed by atoms with Crippen LogP contribution in [0.4, 0.5) is 10.2 Å². The molecular formula is C17H18FN5O. The third-order valence-electron chi connectivity index (χ3n) is 4.53. The van der Waals surface area contributed by atoms with E-state index in [0.717, 1.165) is 49.2 Å². The van der Waals surface area contributed by atoms with Gasteiger partial charge in [0.2, 0.25) is 0 Å². The molecule has 1 N–H and O–H groups in total. The number of H-pyrrole nitrogens is 1. The van der Waals surface area contributed by atoms with Gasteiger partial charge in [0.25, 0.3) is 5.56 Å². The molecule has 0 spiro atoms. The van der Waals surface area contributed by atoms with E-state index in [2.05, 4.69) is 26.9 Å². The monoisotopic (exact) mass is 327 g/mol. The van der Waals surface area contributed by atoms with Gasteiger partial charge in [0.1, 0.15) is 11.6 Å². The van der Waals surface area contributed by atoms with E-state index < -0.39 is 5.82 Å². The number of nitrogens with one attached hydrogen (secondary N) is 1. The van der Waals surface area contributed by atoms with Crippen LogP contribution in [0.15, 0.2) is 35.4 Å². The van der Waals surface area contributed by atoms with Crippen LogP contribution in [0.25, 0.3) is 5.65 Å². The molecule has 7 heteroatoms. The Hall–Kier alpha value is -2.70. The highest BCUT2D eigenvalue weighted by Crippen LogP contribution is 2.34. The van der Waals surface area contributed by atoms with Crippen molar-refractivity contribution < 1.29 is 4.39 Å². The summed E-state index contributed by atoms with van der Waals surface area (Å²) < 4.78 is 15.3. The molecule has 3 aromatic rings. The minimum Gasteiger partial charge on any atom is -0.349 e. The van der Waals surface area contributed by atoms with Gasteiger partial charge in [-0.15, -0.1) is 0 Å². The highest BCUT2D eigenvalue weighted by Gasteiger charge is 2.29. The molecule has 124 valence electrons. The number of pyridine rings is 1. The Balaban J connectivity index is 1.74. The first kappa shape index (κ1) is 14.9. The van der Waals surface area contributed by atoms with Crippen LogP contribution in [0.2, 0.25) is 0 Å². The van der Waals surface area contributed by atoms with Crippen LogP contribution in [0.1, 0.15) is 37.1 Å². The van der Waals surface area contributed by atoms with Crippen LogP contribution in [0, 0.1) is 5.82 Å². The zero-order valence-electron chi connectivity index (χ0n) is 13.4. The molecule has 24 heavy (non-hydrogen) atoms. The van der Waals surface area contributed by atoms with Gasteiger partial charge in [-0.05, 0) is 31.4 Å². The van der Waals surface area contributed by atoms with Crippen molar-refractivity contribution in [2.24, 2.45) is 0 Å². The molecule has 4 heterocycles. The first-order valence-corrected chi connectivity index (χ1v) is 8.16. The molecule has 1 aliphatic heterocycles. The third kappa shape index (κ3) is 2.46. The molecular weight excluding hydrogens is 309 g/mol. The Labute approximate surface area is 138 Å². The summed E-state index contributed by atoms with van der Waals surface area (Å²) in [5.74, 6) is 0.361. The number of halogens is 1. The van der Waals surface area contributed by atoms with Gasteiger partial charge >= 0.3 is 0 Å². The lowest BCUT2D eigenvalue weighted by Crippen LogP contribution is -2.28. The van der Waals surface area contributed by atoms with Crippen molar-refractivity contribution in [3.8, 4) is 0 Å². The van der Waals surface area contributed by atoms with Gasteiger partial charge in [0.05, 0.1) is 11.7 Å². The molecule has 0 bridgehead atoms. The maximum absolute atomic E-state index is 13.6. The fourth-order valence-corrected chi connectivity index (χ4v) is 3.34. The van der Waals surface area contributed by atoms with E-state index in [4.69, 9.17) is 0 Å². The molecule has 0 radical (unpaired) electrons. The second-order valence-corrected chi connectivity index (χ2v) is 6.03. The fourth-order valence-electron chi connectivity index (χ4n) is 3.34. The van der Waals surface area contributed by atoms with Gasteiger partial charge in [-0.3, -0.25) is 4.79 Å². The molecule has 0 aliphatic carbocycles. The van der Waals surface area contributed by atoms with Crippen molar-refractivity contribution >= 4 is 11.5 Å². The summed E-state index contributed by atoms with van der Waals surface area (Å²) in [6.45, 7) is 2.84. The molecule has 0 amide bonds. The zero-order valence-corrected chi connectivity index (χ0v) is 13.4. The summed E-state index contributed by atoms with van der Waals surface area (Å²) in [4.78, 5) is 21.3. The van der Waals surface area contributed by atoms with Gasteiger partial charge in [0.15, 0.2) is 5.65 Å². The number of fused-ring (bicyclic) bond motifs is 1. The molecule has 6 nitrogen and oxygen atoms in total. The maximum atomic E-state index is 13.6. The van der Waals surface area contributed by atoms with Crippen LogP contribution in [-0.4, -0.2) is 26.1 Å². The highest BCUT2D eigenvalue weighted by molar-refractivity contribution is 5.51. The van der Waals surface area contributed by atoms with Gasteiger partial charge < -0.3 is 9.88 Å². The lowest BCUT2D eigenvalue weighted by atomic mass is 10.1. The summed E-state index contributed by atoms with van der Waals surface area (Å²) >= 11 is 0. The SMILES string of the molecule is CCc1cc2nc(N3CCC[C@@H]3c3cc(F)c[nH]c3=O)ccn2n1. The number of hydrogen-bond acceptors (Lipinski definition) is 4. The van der Waals surface area contributed by atoms with Gasteiger partial charge in [0, 0.05) is 30.6 Å². The van der Waals surface area contributed by atoms with E-state index in [1.165, 1.54) is 6.07 Å². The molecule has 1 fully saturated rings. The molecule has 1 saturated heterocycles. The second-order valence-electron chi connectivity index (χ2n) is 6.03. The van der Waals surface area contributed by atoms with Gasteiger partial charge in [-0.2, -0.15) is 5.10 Å². The number of nitrogens with zero attached hydrogens (tertiary/aromatic N) is 4. The lowest BCUT2D eigenvalue weighted by Gasteiger charge is -2.25. The average Bonchev–Trinajstić information content (AvgIpc) is 3.22. The Morgan fingerprint density at radius 1 is 1.42 bits per heavy atom. The quantitative estimate of drug-likeness (QED) is 0.802. The second kappa shape index (κ2) is 5.74. The maximum Gasteiger partial charge on any atom is 0.253 e. The minimum absolute atomic E-state index is 0.159. The van der Waals surface area contributed by atoms with Crippen molar-refractivity contribution in [1.82, 2.24) is 19.6 Å². The predicted octanol–water partition coefficient (Wildman–Crippen LogP) is 2.46. The first-order chi connectivity index (χ1) is 11.7. The highest BCUT2D eigenvalue weighted by atomic mass is 19.1. The summed E-state index contributed by atoms with van der Waals surface area (Å²) in [7, 11) is 0. The first-order valence-electron chi connectivity index (χ1n) is 8.16. The molecule has 0 unspecified atom stereocenters. The van der Waals surface area contributed by atoms with Crippen molar-refractivity contribution in [1.29, 1.82) is 0 Å². The normalized spacial score (nSPS) is 17.8. The number of hydrogen-bond donors (Lipinski definition) is 1. The predicted molar refractivity (Wildman–Crippen MR) is 88.7 cm³/mol. The number of rotatable bonds is 3. The number of aromatic nitrogens is 4. The molecule has 0 saturated carbocycles. The van der Waals surface area contributed by atoms with E-state index in [9.17, 15) is 9.18 Å². The Kier molecular flexibility index (Phi) is 3.55. The summed E-state index contributed by atoms with van der Waals surface area (Å²) in [5, 5.41) is 4.43. The van der Waals surface area contributed by atoms with Gasteiger partial charge in [-0.1, -0.05) is 6.92 Å². The van der Waals surface area contributed by atoms with Crippen molar-refractivity contribution in [2.75, 3.05) is 11.4 Å². The Morgan fingerprint density at radius 2 is 2.29 bits per heavy atom. The van der Waals surface area contributed by atoms with Crippen LogP contribution < -0.4 is 10.5 Å². The standard InChI is InChI=1S/C17H18FN5O/c1-2-12-9-16-20-15(5-7-23(16)21-12)22-6-3-4-14(22)13-8-11(18)10-19-17(13)24/h5,7-10,14H,2-4,6H2,1H3,(H,19,24)/t14-/m1/s1. The van der Waals surface area contributed by atoms with Crippen LogP contribution in [0.5, 0.6) is 0 Å². The summed E-state index contributed by atoms with van der Waals surface area (Å²) in [6.07, 6.45) is 5.56. The van der Waals surface area contributed by atoms with E-state index in [1.807, 2.05) is 18.3 Å². The number of aromatic amines is 1. The lowest BCUT2D eigenvalue weighted by molar-refractivity contribution is 0.607. The zero-order chi connectivity index (χ0) is 16.7. The summed E-state index contributed by atoms with van der Waals surface area (Å²) in [5.41, 5.74) is 1.98. The van der Waals surface area contributed by atoms with E-state index >= 15 is 0 Å². The van der Waals surface area contributed by atoms with E-state index in [1.54, 1.807) is 4.52 Å². The molecule has 1 atom stereocenters.